The van der Waals surface area contributed by atoms with Crippen LogP contribution in [0.2, 0.25) is 0 Å². The zero-order chi connectivity index (χ0) is 21.5. The van der Waals surface area contributed by atoms with Gasteiger partial charge in [0.1, 0.15) is 5.75 Å². The maximum absolute atomic E-state index is 12.2. The molecule has 6 nitrogen and oxygen atoms in total. The third-order valence-electron chi connectivity index (χ3n) is 5.29. The van der Waals surface area contributed by atoms with Crippen molar-refractivity contribution in [2.45, 2.75) is 46.1 Å². The number of urea groups is 1. The van der Waals surface area contributed by atoms with E-state index in [0.717, 1.165) is 42.7 Å². The Kier molecular flexibility index (Phi) is 7.33. The van der Waals surface area contributed by atoms with Crippen molar-refractivity contribution >= 4 is 17.6 Å². The molecule has 0 aliphatic carbocycles. The molecule has 1 aliphatic rings. The number of hydrogen-bond acceptors (Lipinski definition) is 3. The molecule has 0 unspecified atom stereocenters. The van der Waals surface area contributed by atoms with Crippen LogP contribution >= 0.6 is 0 Å². The molecular formula is C24H31N3O3. The molecule has 2 N–H and O–H groups in total. The lowest BCUT2D eigenvalue weighted by Crippen LogP contribution is -2.32. The van der Waals surface area contributed by atoms with Crippen LogP contribution in [0.3, 0.4) is 0 Å². The van der Waals surface area contributed by atoms with Crippen molar-refractivity contribution in [1.82, 2.24) is 10.2 Å². The van der Waals surface area contributed by atoms with Crippen LogP contribution in [0.15, 0.2) is 42.5 Å². The van der Waals surface area contributed by atoms with E-state index in [1.165, 1.54) is 5.56 Å². The van der Waals surface area contributed by atoms with Crippen LogP contribution in [0.4, 0.5) is 10.5 Å². The fourth-order valence-corrected chi connectivity index (χ4v) is 3.67. The topological polar surface area (TPSA) is 70.7 Å². The maximum Gasteiger partial charge on any atom is 0.321 e. The molecule has 1 aliphatic heterocycles. The van der Waals surface area contributed by atoms with Crippen molar-refractivity contribution in [2.24, 2.45) is 0 Å². The second-order valence-corrected chi connectivity index (χ2v) is 8.06. The lowest BCUT2D eigenvalue weighted by molar-refractivity contribution is -0.123. The monoisotopic (exact) mass is 409 g/mol. The number of likely N-dealkylation sites (tertiary alicyclic amines) is 1. The number of nitrogens with one attached hydrogen (secondary N) is 2. The first-order valence-electron chi connectivity index (χ1n) is 10.6. The Morgan fingerprint density at radius 1 is 1.10 bits per heavy atom. The van der Waals surface area contributed by atoms with Crippen molar-refractivity contribution in [3.8, 4) is 5.75 Å². The van der Waals surface area contributed by atoms with Gasteiger partial charge in [-0.3, -0.25) is 4.79 Å². The van der Waals surface area contributed by atoms with Crippen LogP contribution in [-0.4, -0.2) is 36.5 Å². The number of benzene rings is 2. The highest BCUT2D eigenvalue weighted by molar-refractivity contribution is 5.89. The molecule has 0 atom stereocenters. The Labute approximate surface area is 178 Å². The molecule has 0 bridgehead atoms. The van der Waals surface area contributed by atoms with E-state index < -0.39 is 0 Å². The quantitative estimate of drug-likeness (QED) is 0.710. The fraction of sp³-hybridized carbons (Fsp3) is 0.417. The van der Waals surface area contributed by atoms with Gasteiger partial charge >= 0.3 is 6.03 Å². The number of ether oxygens (including phenoxy) is 1. The van der Waals surface area contributed by atoms with Gasteiger partial charge in [-0.05, 0) is 66.6 Å². The smallest absolute Gasteiger partial charge is 0.321 e. The van der Waals surface area contributed by atoms with Gasteiger partial charge in [0.05, 0.1) is 0 Å². The molecule has 1 fully saturated rings. The predicted octanol–water partition coefficient (Wildman–Crippen LogP) is 4.44. The van der Waals surface area contributed by atoms with Crippen LogP contribution in [0.25, 0.3) is 0 Å². The first-order chi connectivity index (χ1) is 14.4. The van der Waals surface area contributed by atoms with Crippen LogP contribution in [0.5, 0.6) is 5.75 Å². The minimum absolute atomic E-state index is 0.0359. The van der Waals surface area contributed by atoms with Crippen LogP contribution in [0.1, 0.15) is 49.3 Å². The second kappa shape index (κ2) is 10.1. The van der Waals surface area contributed by atoms with E-state index in [9.17, 15) is 9.59 Å². The molecular weight excluding hydrogens is 378 g/mol. The highest BCUT2D eigenvalue weighted by Gasteiger charge is 2.17. The average molecular weight is 410 g/mol. The summed E-state index contributed by atoms with van der Waals surface area (Å²) in [6, 6.07) is 13.4. The molecule has 3 amide bonds. The number of nitrogens with zero attached hydrogens (tertiary/aromatic N) is 1. The van der Waals surface area contributed by atoms with Crippen LogP contribution in [-0.2, 0) is 11.3 Å². The van der Waals surface area contributed by atoms with E-state index >= 15 is 0 Å². The van der Waals surface area contributed by atoms with Crippen molar-refractivity contribution in [3.63, 3.8) is 0 Å². The molecule has 0 saturated carbocycles. The number of amides is 3. The number of hydrogen-bond donors (Lipinski definition) is 2. The van der Waals surface area contributed by atoms with Gasteiger partial charge in [-0.1, -0.05) is 32.0 Å². The minimum Gasteiger partial charge on any atom is -0.484 e. The molecule has 6 heteroatoms. The minimum atomic E-state index is -0.188. The van der Waals surface area contributed by atoms with Crippen LogP contribution < -0.4 is 15.4 Å². The SMILES string of the molecule is Cc1cc(OCC(=O)NCc2cccc(NC(=O)N3CCCC3)c2)ccc1C(C)C. The highest BCUT2D eigenvalue weighted by Crippen LogP contribution is 2.23. The molecule has 2 aromatic rings. The fourth-order valence-electron chi connectivity index (χ4n) is 3.67. The van der Waals surface area contributed by atoms with Gasteiger partial charge in [0, 0.05) is 25.3 Å². The molecule has 30 heavy (non-hydrogen) atoms. The van der Waals surface area contributed by atoms with Crippen molar-refractivity contribution < 1.29 is 14.3 Å². The van der Waals surface area contributed by atoms with Gasteiger partial charge in [0.15, 0.2) is 6.61 Å². The molecule has 0 radical (unpaired) electrons. The third-order valence-corrected chi connectivity index (χ3v) is 5.29. The summed E-state index contributed by atoms with van der Waals surface area (Å²) in [6.07, 6.45) is 2.12. The Bertz CT molecular complexity index is 889. The summed E-state index contributed by atoms with van der Waals surface area (Å²) in [6.45, 7) is 8.32. The van der Waals surface area contributed by atoms with Gasteiger partial charge in [0.2, 0.25) is 0 Å². The summed E-state index contributed by atoms with van der Waals surface area (Å²) >= 11 is 0. The lowest BCUT2D eigenvalue weighted by atomic mass is 9.98. The Balaban J connectivity index is 1.46. The second-order valence-electron chi connectivity index (χ2n) is 8.06. The maximum atomic E-state index is 12.2. The van der Waals surface area contributed by atoms with Crippen molar-refractivity contribution in [3.05, 3.63) is 59.2 Å². The molecule has 1 saturated heterocycles. The van der Waals surface area contributed by atoms with E-state index in [0.29, 0.717) is 18.2 Å². The van der Waals surface area contributed by atoms with Gasteiger partial charge in [-0.15, -0.1) is 0 Å². The van der Waals surface area contributed by atoms with E-state index in [4.69, 9.17) is 4.74 Å². The summed E-state index contributed by atoms with van der Waals surface area (Å²) in [5, 5.41) is 5.79. The van der Waals surface area contributed by atoms with E-state index in [2.05, 4.69) is 37.5 Å². The highest BCUT2D eigenvalue weighted by atomic mass is 16.5. The molecule has 1 heterocycles. The molecule has 160 valence electrons. The van der Waals surface area contributed by atoms with E-state index in [-0.39, 0.29) is 18.5 Å². The molecule has 3 rings (SSSR count). The zero-order valence-electron chi connectivity index (χ0n) is 18.0. The van der Waals surface area contributed by atoms with Crippen molar-refractivity contribution in [1.29, 1.82) is 0 Å². The van der Waals surface area contributed by atoms with Crippen LogP contribution in [0, 0.1) is 6.92 Å². The Hall–Kier alpha value is -3.02. The first-order valence-corrected chi connectivity index (χ1v) is 10.6. The Morgan fingerprint density at radius 2 is 1.87 bits per heavy atom. The number of aryl methyl sites for hydroxylation is 1. The largest absolute Gasteiger partial charge is 0.484 e. The average Bonchev–Trinajstić information content (AvgIpc) is 3.26. The number of anilines is 1. The van der Waals surface area contributed by atoms with E-state index in [1.54, 1.807) is 0 Å². The van der Waals surface area contributed by atoms with Gasteiger partial charge < -0.3 is 20.3 Å². The summed E-state index contributed by atoms with van der Waals surface area (Å²) in [7, 11) is 0. The molecule has 0 spiro atoms. The zero-order valence-corrected chi connectivity index (χ0v) is 18.0. The van der Waals surface area contributed by atoms with E-state index in [1.807, 2.05) is 41.3 Å². The number of carbonyl (C=O) groups excluding carboxylic acids is 2. The number of carbonyl (C=O) groups is 2. The van der Waals surface area contributed by atoms with Gasteiger partial charge in [-0.25, -0.2) is 4.79 Å². The first kappa shape index (κ1) is 21.7. The van der Waals surface area contributed by atoms with Gasteiger partial charge in [-0.2, -0.15) is 0 Å². The normalized spacial score (nSPS) is 13.4. The van der Waals surface area contributed by atoms with Gasteiger partial charge in [0.25, 0.3) is 5.91 Å². The molecule has 0 aromatic heterocycles. The van der Waals surface area contributed by atoms with Crippen molar-refractivity contribution in [2.75, 3.05) is 25.0 Å². The Morgan fingerprint density at radius 3 is 2.57 bits per heavy atom. The summed E-state index contributed by atoms with van der Waals surface area (Å²) < 4.78 is 5.63. The lowest BCUT2D eigenvalue weighted by Gasteiger charge is -2.16. The number of rotatable bonds is 7. The summed E-state index contributed by atoms with van der Waals surface area (Å²) in [4.78, 5) is 26.2. The summed E-state index contributed by atoms with van der Waals surface area (Å²) in [5.74, 6) is 0.962. The summed E-state index contributed by atoms with van der Waals surface area (Å²) in [5.41, 5.74) is 4.09. The molecule has 2 aromatic carbocycles. The standard InChI is InChI=1S/C24H31N3O3/c1-17(2)22-10-9-21(13-18(22)3)30-16-23(28)25-15-19-7-6-8-20(14-19)26-24(29)27-11-4-5-12-27/h6-10,13-14,17H,4-5,11-12,15-16H2,1-3H3,(H,25,28)(H,26,29). The predicted molar refractivity (Wildman–Crippen MR) is 119 cm³/mol. The third kappa shape index (κ3) is 5.99.